The minimum absolute atomic E-state index is 0.169. The zero-order valence-electron chi connectivity index (χ0n) is 10.8. The monoisotopic (exact) mass is 237 g/mol. The fourth-order valence-electron chi connectivity index (χ4n) is 1.66. The molecule has 0 aliphatic heterocycles. The Hall–Kier alpha value is -1.45. The standard InChI is InChI=1S/C13H23N3O/c1-3-4-5-6-7-10(2)17-12-9-8-11(14)13(15)16-12/h8-10H,3-7,14H2,1-2H3,(H2,15,16). The summed E-state index contributed by atoms with van der Waals surface area (Å²) >= 11 is 0. The second-order valence-corrected chi connectivity index (χ2v) is 4.40. The minimum atomic E-state index is 0.169. The average molecular weight is 237 g/mol. The predicted octanol–water partition coefficient (Wildman–Crippen LogP) is 2.98. The van der Waals surface area contributed by atoms with Crippen molar-refractivity contribution in [3.63, 3.8) is 0 Å². The fourth-order valence-corrected chi connectivity index (χ4v) is 1.66. The van der Waals surface area contributed by atoms with Crippen LogP contribution in [0.3, 0.4) is 0 Å². The van der Waals surface area contributed by atoms with Crippen molar-refractivity contribution in [1.82, 2.24) is 4.98 Å². The molecule has 0 amide bonds. The third kappa shape index (κ3) is 4.93. The Labute approximate surface area is 103 Å². The van der Waals surface area contributed by atoms with Gasteiger partial charge in [-0.1, -0.05) is 26.2 Å². The van der Waals surface area contributed by atoms with Crippen LogP contribution in [0.25, 0.3) is 0 Å². The molecule has 0 aliphatic rings. The summed E-state index contributed by atoms with van der Waals surface area (Å²) < 4.78 is 5.68. The molecule has 1 rings (SSSR count). The van der Waals surface area contributed by atoms with Crippen LogP contribution in [0, 0.1) is 0 Å². The highest BCUT2D eigenvalue weighted by atomic mass is 16.5. The summed E-state index contributed by atoms with van der Waals surface area (Å²) in [7, 11) is 0. The lowest BCUT2D eigenvalue weighted by Crippen LogP contribution is -2.13. The molecule has 1 heterocycles. The molecule has 0 spiro atoms. The van der Waals surface area contributed by atoms with E-state index in [1.807, 2.05) is 0 Å². The van der Waals surface area contributed by atoms with Gasteiger partial charge in [0.25, 0.3) is 0 Å². The van der Waals surface area contributed by atoms with Gasteiger partial charge < -0.3 is 16.2 Å². The van der Waals surface area contributed by atoms with Gasteiger partial charge in [-0.2, -0.15) is 4.98 Å². The summed E-state index contributed by atoms with van der Waals surface area (Å²) in [4.78, 5) is 4.09. The van der Waals surface area contributed by atoms with Gasteiger partial charge in [-0.05, 0) is 25.8 Å². The van der Waals surface area contributed by atoms with Gasteiger partial charge in [0.1, 0.15) is 0 Å². The number of ether oxygens (including phenoxy) is 1. The van der Waals surface area contributed by atoms with Crippen LogP contribution in [-0.2, 0) is 0 Å². The molecule has 4 nitrogen and oxygen atoms in total. The molecule has 0 saturated carbocycles. The summed E-state index contributed by atoms with van der Waals surface area (Å²) in [5.41, 5.74) is 11.7. The van der Waals surface area contributed by atoms with E-state index in [-0.39, 0.29) is 6.10 Å². The number of nitrogen functional groups attached to an aromatic ring is 2. The van der Waals surface area contributed by atoms with E-state index in [1.54, 1.807) is 12.1 Å². The zero-order valence-corrected chi connectivity index (χ0v) is 10.8. The Morgan fingerprint density at radius 2 is 2.00 bits per heavy atom. The third-order valence-corrected chi connectivity index (χ3v) is 2.72. The van der Waals surface area contributed by atoms with E-state index in [9.17, 15) is 0 Å². The Morgan fingerprint density at radius 1 is 1.24 bits per heavy atom. The SMILES string of the molecule is CCCCCCC(C)Oc1ccc(N)c(N)n1. The third-order valence-electron chi connectivity index (χ3n) is 2.72. The summed E-state index contributed by atoms with van der Waals surface area (Å²) in [5.74, 6) is 0.889. The van der Waals surface area contributed by atoms with Crippen LogP contribution in [0.4, 0.5) is 11.5 Å². The summed E-state index contributed by atoms with van der Waals surface area (Å²) in [5, 5.41) is 0. The quantitative estimate of drug-likeness (QED) is 0.715. The lowest BCUT2D eigenvalue weighted by Gasteiger charge is -2.14. The Morgan fingerprint density at radius 3 is 2.65 bits per heavy atom. The molecular formula is C13H23N3O. The molecule has 4 heteroatoms. The van der Waals surface area contributed by atoms with Crippen LogP contribution in [0.1, 0.15) is 46.0 Å². The number of nitrogens with zero attached hydrogens (tertiary/aromatic N) is 1. The van der Waals surface area contributed by atoms with Crippen molar-refractivity contribution >= 4 is 11.5 Å². The molecule has 1 aromatic heterocycles. The molecule has 1 unspecified atom stereocenters. The van der Waals surface area contributed by atoms with Gasteiger partial charge in [0.05, 0.1) is 11.8 Å². The van der Waals surface area contributed by atoms with Crippen molar-refractivity contribution in [3.05, 3.63) is 12.1 Å². The molecular weight excluding hydrogens is 214 g/mol. The van der Waals surface area contributed by atoms with E-state index in [0.717, 1.165) is 6.42 Å². The van der Waals surface area contributed by atoms with E-state index < -0.39 is 0 Å². The van der Waals surface area contributed by atoms with Gasteiger partial charge in [0.2, 0.25) is 5.88 Å². The van der Waals surface area contributed by atoms with Crippen molar-refractivity contribution in [2.75, 3.05) is 11.5 Å². The van der Waals surface area contributed by atoms with Gasteiger partial charge >= 0.3 is 0 Å². The van der Waals surface area contributed by atoms with Crippen LogP contribution in [0.2, 0.25) is 0 Å². The molecule has 0 aliphatic carbocycles. The van der Waals surface area contributed by atoms with Crippen molar-refractivity contribution in [1.29, 1.82) is 0 Å². The molecule has 96 valence electrons. The van der Waals surface area contributed by atoms with E-state index in [4.69, 9.17) is 16.2 Å². The Bertz CT molecular complexity index is 341. The topological polar surface area (TPSA) is 74.2 Å². The van der Waals surface area contributed by atoms with Crippen molar-refractivity contribution < 1.29 is 4.74 Å². The lowest BCUT2D eigenvalue weighted by atomic mass is 10.1. The second-order valence-electron chi connectivity index (χ2n) is 4.40. The van der Waals surface area contributed by atoms with Crippen LogP contribution < -0.4 is 16.2 Å². The molecule has 1 aromatic rings. The number of anilines is 2. The molecule has 0 bridgehead atoms. The fraction of sp³-hybridized carbons (Fsp3) is 0.615. The van der Waals surface area contributed by atoms with Crippen LogP contribution in [-0.4, -0.2) is 11.1 Å². The number of rotatable bonds is 7. The number of pyridine rings is 1. The molecule has 0 fully saturated rings. The summed E-state index contributed by atoms with van der Waals surface area (Å²) in [6.45, 7) is 4.27. The van der Waals surface area contributed by atoms with Crippen LogP contribution >= 0.6 is 0 Å². The number of hydrogen-bond donors (Lipinski definition) is 2. The summed E-state index contributed by atoms with van der Waals surface area (Å²) in [6, 6.07) is 3.48. The number of unbranched alkanes of at least 4 members (excludes halogenated alkanes) is 3. The van der Waals surface area contributed by atoms with Crippen molar-refractivity contribution in [2.24, 2.45) is 0 Å². The Kier molecular flexibility index (Phi) is 5.60. The zero-order chi connectivity index (χ0) is 12.7. The molecule has 0 aromatic carbocycles. The second kappa shape index (κ2) is 6.99. The first kappa shape index (κ1) is 13.6. The number of nitrogens with two attached hydrogens (primary N) is 2. The minimum Gasteiger partial charge on any atom is -0.475 e. The lowest BCUT2D eigenvalue weighted by molar-refractivity contribution is 0.198. The van der Waals surface area contributed by atoms with Crippen LogP contribution in [0.15, 0.2) is 12.1 Å². The Balaban J connectivity index is 2.34. The molecule has 1 atom stereocenters. The molecule has 17 heavy (non-hydrogen) atoms. The van der Waals surface area contributed by atoms with Gasteiger partial charge in [0, 0.05) is 6.07 Å². The van der Waals surface area contributed by atoms with Crippen molar-refractivity contribution in [2.45, 2.75) is 52.1 Å². The maximum atomic E-state index is 5.68. The number of hydrogen-bond acceptors (Lipinski definition) is 4. The molecule has 0 radical (unpaired) electrons. The highest BCUT2D eigenvalue weighted by Crippen LogP contribution is 2.18. The van der Waals surface area contributed by atoms with E-state index >= 15 is 0 Å². The van der Waals surface area contributed by atoms with Crippen molar-refractivity contribution in [3.8, 4) is 5.88 Å². The van der Waals surface area contributed by atoms with Gasteiger partial charge in [-0.3, -0.25) is 0 Å². The van der Waals surface area contributed by atoms with E-state index in [1.165, 1.54) is 25.7 Å². The largest absolute Gasteiger partial charge is 0.475 e. The predicted molar refractivity (Wildman–Crippen MR) is 71.9 cm³/mol. The first-order valence-electron chi connectivity index (χ1n) is 6.32. The van der Waals surface area contributed by atoms with Gasteiger partial charge in [-0.15, -0.1) is 0 Å². The normalized spacial score (nSPS) is 12.4. The van der Waals surface area contributed by atoms with E-state index in [2.05, 4.69) is 18.8 Å². The van der Waals surface area contributed by atoms with Crippen LogP contribution in [0.5, 0.6) is 5.88 Å². The first-order valence-corrected chi connectivity index (χ1v) is 6.32. The number of aromatic nitrogens is 1. The maximum absolute atomic E-state index is 5.68. The summed E-state index contributed by atoms with van der Waals surface area (Å²) in [6.07, 6.45) is 6.22. The molecule has 4 N–H and O–H groups in total. The van der Waals surface area contributed by atoms with E-state index in [0.29, 0.717) is 17.4 Å². The first-order chi connectivity index (χ1) is 8.13. The smallest absolute Gasteiger partial charge is 0.215 e. The molecule has 0 saturated heterocycles. The highest BCUT2D eigenvalue weighted by Gasteiger charge is 2.06. The van der Waals surface area contributed by atoms with Gasteiger partial charge in [0.15, 0.2) is 5.82 Å². The average Bonchev–Trinajstić information content (AvgIpc) is 2.30. The van der Waals surface area contributed by atoms with Gasteiger partial charge in [-0.25, -0.2) is 0 Å². The maximum Gasteiger partial charge on any atom is 0.215 e. The highest BCUT2D eigenvalue weighted by molar-refractivity contribution is 5.58.